The quantitative estimate of drug-likeness (QED) is 0.0778. The molecule has 3 aliphatic rings. The Hall–Kier alpha value is -1.65. The van der Waals surface area contributed by atoms with Crippen molar-refractivity contribution in [3.63, 3.8) is 0 Å². The second-order valence-electron chi connectivity index (χ2n) is 12.7. The van der Waals surface area contributed by atoms with Crippen LogP contribution in [0, 0.1) is 17.7 Å². The van der Waals surface area contributed by atoms with E-state index in [1.165, 1.54) is 25.3 Å². The van der Waals surface area contributed by atoms with Crippen LogP contribution in [-0.2, 0) is 11.2 Å². The topological polar surface area (TPSA) is 170 Å². The van der Waals surface area contributed by atoms with E-state index >= 15 is 0 Å². The molecule has 0 bridgehead atoms. The van der Waals surface area contributed by atoms with Crippen molar-refractivity contribution in [2.45, 2.75) is 74.6 Å². The van der Waals surface area contributed by atoms with Gasteiger partial charge in [-0.2, -0.15) is 0 Å². The van der Waals surface area contributed by atoms with Gasteiger partial charge in [0.15, 0.2) is 0 Å². The number of piperidine rings is 1. The van der Waals surface area contributed by atoms with Gasteiger partial charge in [-0.25, -0.2) is 4.39 Å². The Morgan fingerprint density at radius 2 is 1.73 bits per heavy atom. The molecule has 12 nitrogen and oxygen atoms in total. The summed E-state index contributed by atoms with van der Waals surface area (Å²) in [6, 6.07) is 4.66. The molecule has 3 fully saturated rings. The number of carbonyl (C=O) groups is 1. The summed E-state index contributed by atoms with van der Waals surface area (Å²) >= 11 is 6.15. The van der Waals surface area contributed by atoms with Gasteiger partial charge >= 0.3 is 0 Å². The predicted molar refractivity (Wildman–Crippen MR) is 167 cm³/mol. The highest BCUT2D eigenvalue weighted by molar-refractivity contribution is 6.21. The SMILES string of the molecule is O=C(Cc1ccc(OCCCCC2CCN(C3NCC(Cl)CN3)CC2)cc1F)N1CC(CNC[C@H](O)[C@@H](O)[C@H](O)[C@H](O)CO)C1. The van der Waals surface area contributed by atoms with Crippen LogP contribution >= 0.6 is 11.6 Å². The van der Waals surface area contributed by atoms with Gasteiger partial charge in [0.1, 0.15) is 36.2 Å². The van der Waals surface area contributed by atoms with Gasteiger partial charge in [0.05, 0.1) is 31.1 Å². The molecule has 14 heteroatoms. The van der Waals surface area contributed by atoms with E-state index in [1.54, 1.807) is 17.0 Å². The lowest BCUT2D eigenvalue weighted by atomic mass is 9.91. The molecule has 0 radical (unpaired) electrons. The van der Waals surface area contributed by atoms with Crippen LogP contribution in [0.4, 0.5) is 4.39 Å². The molecule has 0 aliphatic carbocycles. The third-order valence-electron chi connectivity index (χ3n) is 9.14. The number of rotatable bonds is 17. The number of hydrogen-bond donors (Lipinski definition) is 8. The van der Waals surface area contributed by atoms with Crippen molar-refractivity contribution in [1.82, 2.24) is 25.8 Å². The zero-order chi connectivity index (χ0) is 32.3. The molecule has 45 heavy (non-hydrogen) atoms. The second-order valence-corrected chi connectivity index (χ2v) is 13.3. The van der Waals surface area contributed by atoms with Crippen LogP contribution in [0.2, 0.25) is 0 Å². The minimum atomic E-state index is -1.67. The molecule has 0 aromatic heterocycles. The zero-order valence-electron chi connectivity index (χ0n) is 25.9. The number of alkyl halides is 1. The summed E-state index contributed by atoms with van der Waals surface area (Å²) in [6.07, 6.45) is -0.477. The van der Waals surface area contributed by atoms with Gasteiger partial charge in [0.25, 0.3) is 0 Å². The summed E-state index contributed by atoms with van der Waals surface area (Å²) in [6.45, 7) is 5.02. The number of likely N-dealkylation sites (tertiary alicyclic amines) is 2. The van der Waals surface area contributed by atoms with Crippen LogP contribution in [0.15, 0.2) is 18.2 Å². The lowest BCUT2D eigenvalue weighted by Crippen LogP contribution is -2.62. The van der Waals surface area contributed by atoms with E-state index in [9.17, 15) is 29.6 Å². The first-order valence-electron chi connectivity index (χ1n) is 16.2. The summed E-state index contributed by atoms with van der Waals surface area (Å²) in [4.78, 5) is 16.8. The highest BCUT2D eigenvalue weighted by atomic mass is 35.5. The second kappa shape index (κ2) is 18.0. The minimum Gasteiger partial charge on any atom is -0.493 e. The molecule has 3 heterocycles. The van der Waals surface area contributed by atoms with Gasteiger partial charge in [0, 0.05) is 64.3 Å². The molecule has 1 aromatic rings. The number of amides is 1. The number of nitrogens with one attached hydrogen (secondary N) is 3. The van der Waals surface area contributed by atoms with Crippen molar-refractivity contribution < 1.29 is 39.5 Å². The maximum absolute atomic E-state index is 14.7. The Balaban J connectivity index is 1.05. The third kappa shape index (κ3) is 11.0. The van der Waals surface area contributed by atoms with Crippen molar-refractivity contribution >= 4 is 17.5 Å². The molecule has 0 unspecified atom stereocenters. The van der Waals surface area contributed by atoms with Gasteiger partial charge in [-0.05, 0) is 43.2 Å². The fourth-order valence-corrected chi connectivity index (χ4v) is 6.34. The van der Waals surface area contributed by atoms with Gasteiger partial charge in [0.2, 0.25) is 5.91 Å². The van der Waals surface area contributed by atoms with E-state index in [2.05, 4.69) is 20.9 Å². The van der Waals surface area contributed by atoms with Crippen LogP contribution in [0.25, 0.3) is 0 Å². The summed E-state index contributed by atoms with van der Waals surface area (Å²) in [5.41, 5.74) is 0.321. The molecule has 256 valence electrons. The van der Waals surface area contributed by atoms with E-state index in [0.29, 0.717) is 37.6 Å². The number of benzene rings is 1. The Kier molecular flexibility index (Phi) is 14.5. The van der Waals surface area contributed by atoms with Crippen LogP contribution in [-0.4, -0.2) is 143 Å². The predicted octanol–water partition coefficient (Wildman–Crippen LogP) is -0.803. The monoisotopic (exact) mass is 659 g/mol. The van der Waals surface area contributed by atoms with Crippen LogP contribution in [0.1, 0.15) is 37.7 Å². The molecule has 0 saturated carbocycles. The van der Waals surface area contributed by atoms with E-state index < -0.39 is 36.8 Å². The molecule has 1 amide bonds. The summed E-state index contributed by atoms with van der Waals surface area (Å²) in [5.74, 6) is 0.686. The van der Waals surface area contributed by atoms with Crippen LogP contribution < -0.4 is 20.7 Å². The number of carbonyl (C=O) groups excluding carboxylic acids is 1. The van der Waals surface area contributed by atoms with Crippen molar-refractivity contribution in [3.05, 3.63) is 29.6 Å². The lowest BCUT2D eigenvalue weighted by Gasteiger charge is -2.41. The zero-order valence-corrected chi connectivity index (χ0v) is 26.6. The number of hydrogen-bond acceptors (Lipinski definition) is 11. The molecule has 3 aliphatic heterocycles. The average molecular weight is 660 g/mol. The first-order chi connectivity index (χ1) is 21.6. The van der Waals surface area contributed by atoms with E-state index in [0.717, 1.165) is 44.9 Å². The van der Waals surface area contributed by atoms with Crippen molar-refractivity contribution in [3.8, 4) is 5.75 Å². The fourth-order valence-electron chi connectivity index (χ4n) is 6.16. The number of halogens is 2. The van der Waals surface area contributed by atoms with Crippen molar-refractivity contribution in [1.29, 1.82) is 0 Å². The normalized spacial score (nSPS) is 24.6. The largest absolute Gasteiger partial charge is 0.493 e. The number of nitrogens with zero attached hydrogens (tertiary/aromatic N) is 2. The van der Waals surface area contributed by atoms with Gasteiger partial charge < -0.3 is 40.5 Å². The summed E-state index contributed by atoms with van der Waals surface area (Å²) < 4.78 is 20.5. The summed E-state index contributed by atoms with van der Waals surface area (Å²) in [5, 5.41) is 57.8. The smallest absolute Gasteiger partial charge is 0.227 e. The Bertz CT molecular complexity index is 1040. The lowest BCUT2D eigenvalue weighted by molar-refractivity contribution is -0.136. The first-order valence-corrected chi connectivity index (χ1v) is 16.7. The van der Waals surface area contributed by atoms with E-state index in [-0.39, 0.29) is 36.5 Å². The number of unbranched alkanes of at least 4 members (excludes halogenated alkanes) is 1. The molecule has 0 spiro atoms. The standard InChI is InChI=1S/C31H51ClFN5O7/c32-23-14-35-31(36-15-23)37-8-6-20(7-9-37)3-1-2-10-45-24-5-4-22(25(33)12-24)11-28(42)38-17-21(18-38)13-34-16-26(40)29(43)30(44)27(41)19-39/h4-5,12,20-21,23,26-27,29-31,34-36,39-41,43-44H,1-3,6-11,13-19H2/t23?,26-,27+,29+,30+,31?/m0/s1. The third-order valence-corrected chi connectivity index (χ3v) is 9.45. The number of aliphatic hydroxyl groups excluding tert-OH is 5. The average Bonchev–Trinajstić information content (AvgIpc) is 3.02. The summed E-state index contributed by atoms with van der Waals surface area (Å²) in [7, 11) is 0. The van der Waals surface area contributed by atoms with E-state index in [1.807, 2.05) is 0 Å². The molecule has 4 atom stereocenters. The van der Waals surface area contributed by atoms with Crippen molar-refractivity contribution in [2.75, 3.05) is 65.6 Å². The van der Waals surface area contributed by atoms with Crippen LogP contribution in [0.5, 0.6) is 5.75 Å². The number of aliphatic hydroxyl groups is 5. The molecule has 4 rings (SSSR count). The molecule has 8 N–H and O–H groups in total. The molecule has 3 saturated heterocycles. The Morgan fingerprint density at radius 3 is 2.40 bits per heavy atom. The Labute approximate surface area is 269 Å². The molecular weight excluding hydrogens is 609 g/mol. The van der Waals surface area contributed by atoms with Gasteiger partial charge in [-0.3, -0.25) is 20.3 Å². The highest BCUT2D eigenvalue weighted by Gasteiger charge is 2.33. The van der Waals surface area contributed by atoms with Gasteiger partial charge in [-0.15, -0.1) is 11.6 Å². The highest BCUT2D eigenvalue weighted by Crippen LogP contribution is 2.24. The molecule has 1 aromatic carbocycles. The van der Waals surface area contributed by atoms with Crippen molar-refractivity contribution in [2.24, 2.45) is 11.8 Å². The van der Waals surface area contributed by atoms with Crippen LogP contribution in [0.3, 0.4) is 0 Å². The molecular formula is C31H51ClFN5O7. The minimum absolute atomic E-state index is 0.0350. The van der Waals surface area contributed by atoms with E-state index in [4.69, 9.17) is 21.4 Å². The first kappa shape index (κ1) is 36.2. The maximum Gasteiger partial charge on any atom is 0.227 e. The fraction of sp³-hybridized carbons (Fsp3) is 0.774. The number of ether oxygens (including phenoxy) is 1. The maximum atomic E-state index is 14.7. The van der Waals surface area contributed by atoms with Gasteiger partial charge in [-0.1, -0.05) is 12.5 Å². The Morgan fingerprint density at radius 1 is 1.04 bits per heavy atom.